The summed E-state index contributed by atoms with van der Waals surface area (Å²) in [7, 11) is 1.88. The molecular formula is C16H31NO. The summed E-state index contributed by atoms with van der Waals surface area (Å²) < 4.78 is 5.69. The minimum atomic E-state index is 0.186. The van der Waals surface area contributed by atoms with Crippen LogP contribution in [0.25, 0.3) is 0 Å². The standard InChI is InChI=1S/C16H31NO/c1-13(2)10-14-6-4-7-15(11-14)17-12-16(18-3)8-5-9-16/h13-15,17H,4-12H2,1-3H3. The first-order valence-electron chi connectivity index (χ1n) is 7.92. The lowest BCUT2D eigenvalue weighted by molar-refractivity contribution is -0.0717. The third kappa shape index (κ3) is 3.71. The highest BCUT2D eigenvalue weighted by Gasteiger charge is 2.37. The Morgan fingerprint density at radius 2 is 2.00 bits per heavy atom. The molecular weight excluding hydrogens is 222 g/mol. The molecule has 1 N–H and O–H groups in total. The summed E-state index contributed by atoms with van der Waals surface area (Å²) in [4.78, 5) is 0. The minimum absolute atomic E-state index is 0.186. The van der Waals surface area contributed by atoms with Crippen molar-refractivity contribution in [1.82, 2.24) is 5.32 Å². The molecule has 2 nitrogen and oxygen atoms in total. The fraction of sp³-hybridized carbons (Fsp3) is 1.00. The summed E-state index contributed by atoms with van der Waals surface area (Å²) in [6, 6.07) is 0.745. The lowest BCUT2D eigenvalue weighted by atomic mass is 9.78. The molecule has 2 rings (SSSR count). The monoisotopic (exact) mass is 253 g/mol. The van der Waals surface area contributed by atoms with Gasteiger partial charge in [0.15, 0.2) is 0 Å². The largest absolute Gasteiger partial charge is 0.377 e. The lowest BCUT2D eigenvalue weighted by Crippen LogP contribution is -2.51. The maximum absolute atomic E-state index is 5.69. The van der Waals surface area contributed by atoms with Crippen LogP contribution in [0.5, 0.6) is 0 Å². The molecule has 2 unspecified atom stereocenters. The minimum Gasteiger partial charge on any atom is -0.377 e. The molecule has 0 bridgehead atoms. The van der Waals surface area contributed by atoms with Crippen LogP contribution in [0.2, 0.25) is 0 Å². The van der Waals surface area contributed by atoms with Gasteiger partial charge in [-0.15, -0.1) is 0 Å². The second kappa shape index (κ2) is 6.38. The molecule has 2 saturated carbocycles. The molecule has 0 heterocycles. The Hall–Kier alpha value is -0.0800. The SMILES string of the molecule is COC1(CNC2CCCC(CC(C)C)C2)CCC1. The number of hydrogen-bond acceptors (Lipinski definition) is 2. The first-order chi connectivity index (χ1) is 8.63. The van der Waals surface area contributed by atoms with E-state index in [1.54, 1.807) is 0 Å². The summed E-state index contributed by atoms with van der Waals surface area (Å²) in [5, 5.41) is 3.79. The number of methoxy groups -OCH3 is 1. The van der Waals surface area contributed by atoms with Crippen LogP contribution in [-0.4, -0.2) is 25.3 Å². The summed E-state index contributed by atoms with van der Waals surface area (Å²) in [6.45, 7) is 5.78. The first-order valence-corrected chi connectivity index (χ1v) is 7.92. The zero-order valence-electron chi connectivity index (χ0n) is 12.5. The van der Waals surface area contributed by atoms with E-state index in [-0.39, 0.29) is 5.60 Å². The number of ether oxygens (including phenoxy) is 1. The molecule has 0 aromatic carbocycles. The van der Waals surface area contributed by atoms with Crippen LogP contribution >= 0.6 is 0 Å². The molecule has 18 heavy (non-hydrogen) atoms. The Kier molecular flexibility index (Phi) is 5.08. The molecule has 0 aromatic heterocycles. The molecule has 0 amide bonds. The Labute approximate surface area is 113 Å². The molecule has 2 atom stereocenters. The Morgan fingerprint density at radius 3 is 2.56 bits per heavy atom. The van der Waals surface area contributed by atoms with Gasteiger partial charge in [0.2, 0.25) is 0 Å². The predicted molar refractivity (Wildman–Crippen MR) is 76.8 cm³/mol. The molecule has 2 heteroatoms. The highest BCUT2D eigenvalue weighted by molar-refractivity contribution is 4.93. The molecule has 0 saturated heterocycles. The average molecular weight is 253 g/mol. The van der Waals surface area contributed by atoms with E-state index >= 15 is 0 Å². The third-order valence-electron chi connectivity index (χ3n) is 5.00. The van der Waals surface area contributed by atoms with E-state index < -0.39 is 0 Å². The van der Waals surface area contributed by atoms with E-state index in [0.29, 0.717) is 0 Å². The van der Waals surface area contributed by atoms with Gasteiger partial charge in [0.05, 0.1) is 5.60 Å². The van der Waals surface area contributed by atoms with Crippen LogP contribution in [0.15, 0.2) is 0 Å². The van der Waals surface area contributed by atoms with Gasteiger partial charge in [-0.25, -0.2) is 0 Å². The van der Waals surface area contributed by atoms with Crippen LogP contribution in [0.1, 0.15) is 65.2 Å². The second-order valence-electron chi connectivity index (χ2n) is 6.98. The van der Waals surface area contributed by atoms with Gasteiger partial charge in [0.1, 0.15) is 0 Å². The third-order valence-corrected chi connectivity index (χ3v) is 5.00. The van der Waals surface area contributed by atoms with Gasteiger partial charge >= 0.3 is 0 Å². The highest BCUT2D eigenvalue weighted by atomic mass is 16.5. The molecule has 106 valence electrons. The Balaban J connectivity index is 1.72. The normalized spacial score (nSPS) is 31.3. The van der Waals surface area contributed by atoms with E-state index in [1.807, 2.05) is 7.11 Å². The average Bonchev–Trinajstić information content (AvgIpc) is 2.28. The topological polar surface area (TPSA) is 21.3 Å². The van der Waals surface area contributed by atoms with Crippen molar-refractivity contribution in [3.63, 3.8) is 0 Å². The van der Waals surface area contributed by atoms with Crippen LogP contribution in [0, 0.1) is 11.8 Å². The zero-order valence-corrected chi connectivity index (χ0v) is 12.5. The van der Waals surface area contributed by atoms with Crippen LogP contribution < -0.4 is 5.32 Å². The zero-order chi connectivity index (χ0) is 13.0. The van der Waals surface area contributed by atoms with Crippen molar-refractivity contribution in [3.05, 3.63) is 0 Å². The van der Waals surface area contributed by atoms with Crippen LogP contribution in [-0.2, 0) is 4.74 Å². The van der Waals surface area contributed by atoms with Crippen molar-refractivity contribution in [2.24, 2.45) is 11.8 Å². The van der Waals surface area contributed by atoms with Crippen molar-refractivity contribution >= 4 is 0 Å². The maximum Gasteiger partial charge on any atom is 0.0802 e. The van der Waals surface area contributed by atoms with E-state index in [0.717, 1.165) is 24.4 Å². The molecule has 0 aromatic rings. The van der Waals surface area contributed by atoms with Crippen LogP contribution in [0.4, 0.5) is 0 Å². The Bertz CT molecular complexity index is 242. The molecule has 0 radical (unpaired) electrons. The fourth-order valence-electron chi connectivity index (χ4n) is 3.71. The number of rotatable bonds is 6. The fourth-order valence-corrected chi connectivity index (χ4v) is 3.71. The molecule has 2 fully saturated rings. The van der Waals surface area contributed by atoms with Crippen molar-refractivity contribution in [2.45, 2.75) is 76.9 Å². The maximum atomic E-state index is 5.69. The van der Waals surface area contributed by atoms with E-state index in [2.05, 4.69) is 19.2 Å². The predicted octanol–water partition coefficient (Wildman–Crippen LogP) is 3.75. The van der Waals surface area contributed by atoms with Gasteiger partial charge in [-0.1, -0.05) is 26.7 Å². The summed E-state index contributed by atoms with van der Waals surface area (Å²) in [5.41, 5.74) is 0.186. The summed E-state index contributed by atoms with van der Waals surface area (Å²) >= 11 is 0. The van der Waals surface area contributed by atoms with Crippen molar-refractivity contribution in [3.8, 4) is 0 Å². The van der Waals surface area contributed by atoms with Crippen molar-refractivity contribution in [2.75, 3.05) is 13.7 Å². The van der Waals surface area contributed by atoms with Crippen molar-refractivity contribution in [1.29, 1.82) is 0 Å². The van der Waals surface area contributed by atoms with Crippen molar-refractivity contribution < 1.29 is 4.74 Å². The van der Waals surface area contributed by atoms with Gasteiger partial charge < -0.3 is 10.1 Å². The lowest BCUT2D eigenvalue weighted by Gasteiger charge is -2.42. The second-order valence-corrected chi connectivity index (χ2v) is 6.98. The van der Waals surface area contributed by atoms with E-state index in [9.17, 15) is 0 Å². The number of hydrogen-bond donors (Lipinski definition) is 1. The smallest absolute Gasteiger partial charge is 0.0802 e. The first kappa shape index (κ1) is 14.3. The van der Waals surface area contributed by atoms with Crippen LogP contribution in [0.3, 0.4) is 0 Å². The number of nitrogens with one attached hydrogen (secondary N) is 1. The van der Waals surface area contributed by atoms with E-state index in [4.69, 9.17) is 4.74 Å². The molecule has 0 aliphatic heterocycles. The van der Waals surface area contributed by atoms with Gasteiger partial charge in [-0.2, -0.15) is 0 Å². The summed E-state index contributed by atoms with van der Waals surface area (Å²) in [5.74, 6) is 1.81. The highest BCUT2D eigenvalue weighted by Crippen LogP contribution is 2.35. The van der Waals surface area contributed by atoms with Gasteiger partial charge in [0.25, 0.3) is 0 Å². The van der Waals surface area contributed by atoms with Gasteiger partial charge in [0, 0.05) is 19.7 Å². The molecule has 2 aliphatic rings. The van der Waals surface area contributed by atoms with E-state index in [1.165, 1.54) is 51.4 Å². The molecule has 2 aliphatic carbocycles. The Morgan fingerprint density at radius 1 is 1.22 bits per heavy atom. The van der Waals surface area contributed by atoms with Gasteiger partial charge in [-0.05, 0) is 50.4 Å². The van der Waals surface area contributed by atoms with Gasteiger partial charge in [-0.3, -0.25) is 0 Å². The quantitative estimate of drug-likeness (QED) is 0.778. The molecule has 0 spiro atoms. The summed E-state index contributed by atoms with van der Waals surface area (Å²) in [6.07, 6.45) is 10.9.